The van der Waals surface area contributed by atoms with Gasteiger partial charge in [0.2, 0.25) is 0 Å². The van der Waals surface area contributed by atoms with Crippen molar-refractivity contribution >= 4 is 12.6 Å². The summed E-state index contributed by atoms with van der Waals surface area (Å²) in [5.74, 6) is 0. The van der Waals surface area contributed by atoms with Crippen molar-refractivity contribution in [2.45, 2.75) is 11.5 Å². The third kappa shape index (κ3) is 8.15. The molecule has 0 aromatic rings. The molecule has 0 fully saturated rings. The largest absolute Gasteiger partial charge is 0.412 e. The van der Waals surface area contributed by atoms with Crippen molar-refractivity contribution in [1.82, 2.24) is 6.15 Å². The second kappa shape index (κ2) is 8.15. The van der Waals surface area contributed by atoms with Gasteiger partial charge in [0, 0.05) is 0 Å². The summed E-state index contributed by atoms with van der Waals surface area (Å²) in [5, 5.41) is 24.7. The Balaban J connectivity index is -0.000000180. The van der Waals surface area contributed by atoms with Crippen LogP contribution in [-0.4, -0.2) is 38.9 Å². The van der Waals surface area contributed by atoms with Crippen LogP contribution in [0.2, 0.25) is 0 Å². The molecule has 0 aromatic carbocycles. The molecule has 60 valence electrons. The summed E-state index contributed by atoms with van der Waals surface area (Å²) < 4.78 is 0. The minimum absolute atomic E-state index is 0. The van der Waals surface area contributed by atoms with E-state index in [4.69, 9.17) is 15.3 Å². The number of hydrogen-bond acceptors (Lipinski definition) is 5. The first kappa shape index (κ1) is 16.1. The highest BCUT2D eigenvalue weighted by Gasteiger charge is 2.07. The Morgan fingerprint density at radius 3 is 1.67 bits per heavy atom. The molecule has 0 heterocycles. The molecule has 0 aliphatic heterocycles. The molecule has 0 saturated carbocycles. The molecule has 2 atom stereocenters. The van der Waals surface area contributed by atoms with E-state index in [-0.39, 0.29) is 11.6 Å². The fourth-order valence-electron chi connectivity index (χ4n) is 0.0943. The lowest BCUT2D eigenvalue weighted by molar-refractivity contribution is 0.0294. The van der Waals surface area contributed by atoms with Gasteiger partial charge < -0.3 is 26.9 Å². The summed E-state index contributed by atoms with van der Waals surface area (Å²) in [6, 6.07) is 0. The number of rotatable bonds is 2. The van der Waals surface area contributed by atoms with Gasteiger partial charge in [-0.3, -0.25) is 0 Å². The second-order valence-corrected chi connectivity index (χ2v) is 1.69. The Labute approximate surface area is 58.6 Å². The van der Waals surface area contributed by atoms with Crippen LogP contribution in [-0.2, 0) is 0 Å². The van der Waals surface area contributed by atoms with Gasteiger partial charge in [-0.1, -0.05) is 0 Å². The first-order chi connectivity index (χ1) is 3.18. The van der Waals surface area contributed by atoms with Crippen LogP contribution >= 0.6 is 12.6 Å². The van der Waals surface area contributed by atoms with E-state index in [1.807, 2.05) is 0 Å². The highest BCUT2D eigenvalue weighted by Crippen LogP contribution is 1.94. The molecule has 0 radical (unpaired) electrons. The molecule has 9 heavy (non-hydrogen) atoms. The predicted molar refractivity (Wildman–Crippen MR) is 36.7 cm³/mol. The molecule has 2 unspecified atom stereocenters. The van der Waals surface area contributed by atoms with E-state index >= 15 is 0 Å². The van der Waals surface area contributed by atoms with E-state index in [2.05, 4.69) is 12.6 Å². The maximum Gasteiger partial charge on any atom is 0.125 e. The number of hydrogen-bond donors (Lipinski definition) is 5. The van der Waals surface area contributed by atoms with Crippen molar-refractivity contribution in [2.75, 3.05) is 6.61 Å². The third-order valence-electron chi connectivity index (χ3n) is 0.531. The zero-order valence-electron chi connectivity index (χ0n) is 4.86. The highest BCUT2D eigenvalue weighted by atomic mass is 32.1. The van der Waals surface area contributed by atoms with Crippen molar-refractivity contribution in [3.8, 4) is 0 Å². The number of thiol groups is 1. The Bertz CT molecular complexity index is 53.1. The first-order valence-electron chi connectivity index (χ1n) is 1.83. The quantitative estimate of drug-likeness (QED) is 0.234. The molecule has 0 amide bonds. The highest BCUT2D eigenvalue weighted by molar-refractivity contribution is 7.80. The molecule has 6 heteroatoms. The molecular weight excluding hydrogens is 146 g/mol. The minimum atomic E-state index is -1.13. The fraction of sp³-hybridized carbons (Fsp3) is 1.00. The average Bonchev–Trinajstić information content (AvgIpc) is 1.65. The van der Waals surface area contributed by atoms with Gasteiger partial charge in [0.05, 0.1) is 6.61 Å². The van der Waals surface area contributed by atoms with Crippen LogP contribution in [0, 0.1) is 0 Å². The fourth-order valence-corrected chi connectivity index (χ4v) is 0.189. The third-order valence-corrected chi connectivity index (χ3v) is 0.875. The topological polar surface area (TPSA) is 127 Å². The normalized spacial score (nSPS) is 14.7. The molecule has 0 aliphatic rings. The predicted octanol–water partition coefficient (Wildman–Crippen LogP) is -2.07. The van der Waals surface area contributed by atoms with Crippen LogP contribution < -0.4 is 6.15 Å². The van der Waals surface area contributed by atoms with Crippen LogP contribution in [0.4, 0.5) is 0 Å². The molecule has 8 N–H and O–H groups in total. The van der Waals surface area contributed by atoms with Crippen molar-refractivity contribution in [3.63, 3.8) is 0 Å². The van der Waals surface area contributed by atoms with Gasteiger partial charge in [-0.25, -0.2) is 0 Å². The van der Waals surface area contributed by atoms with E-state index in [1.54, 1.807) is 0 Å². The molecule has 0 saturated heterocycles. The number of aliphatic hydroxyl groups excluding tert-OH is 3. The Morgan fingerprint density at radius 1 is 1.33 bits per heavy atom. The molecule has 0 rings (SSSR count). The lowest BCUT2D eigenvalue weighted by Crippen LogP contribution is -2.23. The van der Waals surface area contributed by atoms with Crippen LogP contribution in [0.25, 0.3) is 0 Å². The summed E-state index contributed by atoms with van der Waals surface area (Å²) in [5.41, 5.74) is -1.13. The Kier molecular flexibility index (Phi) is 14.6. The van der Waals surface area contributed by atoms with Gasteiger partial charge in [-0.2, -0.15) is 0 Å². The van der Waals surface area contributed by atoms with Crippen LogP contribution in [0.3, 0.4) is 0 Å². The summed E-state index contributed by atoms with van der Waals surface area (Å²) in [6.07, 6.45) is -1.12. The van der Waals surface area contributed by atoms with Crippen molar-refractivity contribution in [2.24, 2.45) is 0 Å². The molecule has 5 nitrogen and oxygen atoms in total. The zero-order chi connectivity index (χ0) is 5.86. The summed E-state index contributed by atoms with van der Waals surface area (Å²) in [4.78, 5) is 0. The Hall–Kier alpha value is 0.150. The van der Waals surface area contributed by atoms with Gasteiger partial charge in [-0.15, -0.1) is 12.6 Å². The van der Waals surface area contributed by atoms with E-state index < -0.39 is 18.1 Å². The summed E-state index contributed by atoms with van der Waals surface area (Å²) in [7, 11) is 0. The molecule has 0 spiro atoms. The second-order valence-electron chi connectivity index (χ2n) is 1.16. The maximum atomic E-state index is 8.36. The van der Waals surface area contributed by atoms with Gasteiger partial charge in [0.15, 0.2) is 0 Å². The van der Waals surface area contributed by atoms with Crippen molar-refractivity contribution in [3.05, 3.63) is 0 Å². The lowest BCUT2D eigenvalue weighted by Gasteiger charge is -2.06. The van der Waals surface area contributed by atoms with Crippen LogP contribution in [0.1, 0.15) is 0 Å². The van der Waals surface area contributed by atoms with E-state index in [0.29, 0.717) is 0 Å². The zero-order valence-corrected chi connectivity index (χ0v) is 5.75. The van der Waals surface area contributed by atoms with Gasteiger partial charge >= 0.3 is 0 Å². The minimum Gasteiger partial charge on any atom is -0.412 e. The van der Waals surface area contributed by atoms with Crippen molar-refractivity contribution < 1.29 is 20.8 Å². The molecule has 0 aliphatic carbocycles. The average molecular weight is 159 g/mol. The smallest absolute Gasteiger partial charge is 0.125 e. The Morgan fingerprint density at radius 2 is 1.67 bits per heavy atom. The lowest BCUT2D eigenvalue weighted by atomic mass is 10.4. The van der Waals surface area contributed by atoms with Crippen LogP contribution in [0.5, 0.6) is 0 Å². The first-order valence-corrected chi connectivity index (χ1v) is 2.35. The van der Waals surface area contributed by atoms with Gasteiger partial charge in [0.25, 0.3) is 0 Å². The summed E-state index contributed by atoms with van der Waals surface area (Å²) >= 11 is 3.42. The van der Waals surface area contributed by atoms with E-state index in [1.165, 1.54) is 0 Å². The standard InChI is InChI=1S/C3H8O3S.H3N.H2O/c4-1-2(5)3(6)7;;/h2-7H,1H2;1H3;1H2. The van der Waals surface area contributed by atoms with Crippen LogP contribution in [0.15, 0.2) is 0 Å². The van der Waals surface area contributed by atoms with Gasteiger partial charge in [-0.05, 0) is 0 Å². The molecule has 0 aromatic heterocycles. The molecule has 0 bridgehead atoms. The molecular formula is C3H13NO4S. The number of aliphatic hydroxyl groups is 3. The van der Waals surface area contributed by atoms with E-state index in [9.17, 15) is 0 Å². The summed E-state index contributed by atoms with van der Waals surface area (Å²) in [6.45, 7) is -0.454. The monoisotopic (exact) mass is 159 g/mol. The van der Waals surface area contributed by atoms with Crippen molar-refractivity contribution in [1.29, 1.82) is 0 Å². The van der Waals surface area contributed by atoms with E-state index in [0.717, 1.165) is 0 Å². The SMILES string of the molecule is N.O.OCC(O)C(O)S. The maximum absolute atomic E-state index is 8.36. The van der Waals surface area contributed by atoms with Gasteiger partial charge in [0.1, 0.15) is 11.5 Å².